The Kier molecular flexibility index (Phi) is 4.36. The van der Waals surface area contributed by atoms with E-state index in [9.17, 15) is 9.59 Å². The fourth-order valence-electron chi connectivity index (χ4n) is 4.01. The van der Waals surface area contributed by atoms with Gasteiger partial charge in [0.15, 0.2) is 5.65 Å². The highest BCUT2D eigenvalue weighted by atomic mass is 16.2. The van der Waals surface area contributed by atoms with Crippen LogP contribution in [0.1, 0.15) is 28.9 Å². The molecule has 2 amide bonds. The van der Waals surface area contributed by atoms with E-state index in [-0.39, 0.29) is 17.9 Å². The molecule has 8 heteroatoms. The van der Waals surface area contributed by atoms with Gasteiger partial charge in [0.2, 0.25) is 5.91 Å². The summed E-state index contributed by atoms with van der Waals surface area (Å²) in [6.45, 7) is 5.16. The van der Waals surface area contributed by atoms with Gasteiger partial charge in [0.05, 0.1) is 17.8 Å². The predicted octanol–water partition coefficient (Wildman–Crippen LogP) is 0.313. The Labute approximate surface area is 152 Å². The smallest absolute Gasteiger partial charge is 0.255 e. The lowest BCUT2D eigenvalue weighted by Crippen LogP contribution is -2.57. The number of rotatable bonds is 2. The third-order valence-corrected chi connectivity index (χ3v) is 5.36. The van der Waals surface area contributed by atoms with Crippen LogP contribution in [0.4, 0.5) is 0 Å². The number of carbonyl (C=O) groups is 2. The lowest BCUT2D eigenvalue weighted by molar-refractivity contribution is -0.135. The first kappa shape index (κ1) is 17.0. The van der Waals surface area contributed by atoms with Crippen LogP contribution in [0.5, 0.6) is 0 Å². The first-order valence-electron chi connectivity index (χ1n) is 9.13. The maximum Gasteiger partial charge on any atom is 0.255 e. The molecule has 0 aromatic carbocycles. The molecule has 26 heavy (non-hydrogen) atoms. The molecule has 0 spiro atoms. The van der Waals surface area contributed by atoms with Gasteiger partial charge in [-0.15, -0.1) is 0 Å². The Balaban J connectivity index is 1.54. The van der Waals surface area contributed by atoms with Gasteiger partial charge in [0.25, 0.3) is 5.91 Å². The SMILES string of the molecule is Cc1nn(C)c2ncc(C(=O)N3CCCC(N4CCNCC4=O)C3)cc12. The van der Waals surface area contributed by atoms with Crippen LogP contribution in [0.15, 0.2) is 12.3 Å². The first-order valence-corrected chi connectivity index (χ1v) is 9.13. The fourth-order valence-corrected chi connectivity index (χ4v) is 4.01. The molecule has 0 aliphatic carbocycles. The Morgan fingerprint density at radius 2 is 2.19 bits per heavy atom. The van der Waals surface area contributed by atoms with Crippen molar-refractivity contribution in [2.24, 2.45) is 7.05 Å². The third kappa shape index (κ3) is 2.94. The summed E-state index contributed by atoms with van der Waals surface area (Å²) >= 11 is 0. The van der Waals surface area contributed by atoms with Crippen LogP contribution >= 0.6 is 0 Å². The zero-order chi connectivity index (χ0) is 18.3. The fraction of sp³-hybridized carbons (Fsp3) is 0.556. The molecule has 2 fully saturated rings. The number of piperidine rings is 1. The van der Waals surface area contributed by atoms with Crippen molar-refractivity contribution in [2.75, 3.05) is 32.7 Å². The van der Waals surface area contributed by atoms with Crippen molar-refractivity contribution in [3.05, 3.63) is 23.5 Å². The molecule has 0 bridgehead atoms. The molecule has 8 nitrogen and oxygen atoms in total. The zero-order valence-electron chi connectivity index (χ0n) is 15.2. The molecular formula is C18H24N6O2. The van der Waals surface area contributed by atoms with Gasteiger partial charge in [0, 0.05) is 50.9 Å². The average Bonchev–Trinajstić information content (AvgIpc) is 2.95. The Hall–Kier alpha value is -2.48. The number of aromatic nitrogens is 3. The van der Waals surface area contributed by atoms with Crippen molar-refractivity contribution in [2.45, 2.75) is 25.8 Å². The minimum absolute atomic E-state index is 0.0186. The van der Waals surface area contributed by atoms with Crippen molar-refractivity contribution in [3.8, 4) is 0 Å². The van der Waals surface area contributed by atoms with Crippen molar-refractivity contribution in [3.63, 3.8) is 0 Å². The number of hydrogen-bond donors (Lipinski definition) is 1. The normalized spacial score (nSPS) is 21.5. The van der Waals surface area contributed by atoms with Gasteiger partial charge in [-0.1, -0.05) is 0 Å². The monoisotopic (exact) mass is 356 g/mol. The Morgan fingerprint density at radius 1 is 1.35 bits per heavy atom. The predicted molar refractivity (Wildman–Crippen MR) is 96.8 cm³/mol. The van der Waals surface area contributed by atoms with Gasteiger partial charge < -0.3 is 15.1 Å². The number of carbonyl (C=O) groups excluding carboxylic acids is 2. The first-order chi connectivity index (χ1) is 12.5. The van der Waals surface area contributed by atoms with Crippen LogP contribution in [0.25, 0.3) is 11.0 Å². The number of likely N-dealkylation sites (tertiary alicyclic amines) is 1. The minimum Gasteiger partial charge on any atom is -0.337 e. The van der Waals surface area contributed by atoms with Gasteiger partial charge in [0.1, 0.15) is 0 Å². The van der Waals surface area contributed by atoms with E-state index >= 15 is 0 Å². The molecule has 2 aromatic heterocycles. The largest absolute Gasteiger partial charge is 0.337 e. The lowest BCUT2D eigenvalue weighted by atomic mass is 10.0. The molecule has 2 saturated heterocycles. The number of aryl methyl sites for hydroxylation is 2. The third-order valence-electron chi connectivity index (χ3n) is 5.36. The second kappa shape index (κ2) is 6.68. The van der Waals surface area contributed by atoms with Crippen molar-refractivity contribution in [1.82, 2.24) is 29.9 Å². The van der Waals surface area contributed by atoms with Crippen molar-refractivity contribution < 1.29 is 9.59 Å². The van der Waals surface area contributed by atoms with E-state index in [4.69, 9.17) is 0 Å². The zero-order valence-corrected chi connectivity index (χ0v) is 15.2. The second-order valence-corrected chi connectivity index (χ2v) is 7.12. The van der Waals surface area contributed by atoms with Gasteiger partial charge in [-0.2, -0.15) is 5.10 Å². The molecule has 138 valence electrons. The lowest BCUT2D eigenvalue weighted by Gasteiger charge is -2.41. The van der Waals surface area contributed by atoms with E-state index in [0.717, 1.165) is 42.7 Å². The molecule has 4 rings (SSSR count). The average molecular weight is 356 g/mol. The number of fused-ring (bicyclic) bond motifs is 1. The van der Waals surface area contributed by atoms with Crippen LogP contribution in [0.2, 0.25) is 0 Å². The standard InChI is InChI=1S/C18H24N6O2/c1-12-15-8-13(9-20-17(15)22(2)21-12)18(26)23-6-3-4-14(11-23)24-7-5-19-10-16(24)25/h8-9,14,19H,3-7,10-11H2,1-2H3. The molecule has 2 aliphatic rings. The summed E-state index contributed by atoms with van der Waals surface area (Å²) in [5.74, 6) is 0.111. The van der Waals surface area contributed by atoms with Crippen LogP contribution in [0.3, 0.4) is 0 Å². The molecule has 1 unspecified atom stereocenters. The summed E-state index contributed by atoms with van der Waals surface area (Å²) in [6, 6.07) is 1.99. The van der Waals surface area contributed by atoms with Gasteiger partial charge in [-0.25, -0.2) is 4.98 Å². The highest BCUT2D eigenvalue weighted by molar-refractivity contribution is 5.97. The van der Waals surface area contributed by atoms with Crippen molar-refractivity contribution in [1.29, 1.82) is 0 Å². The van der Waals surface area contributed by atoms with E-state index in [0.29, 0.717) is 25.2 Å². The highest BCUT2D eigenvalue weighted by Crippen LogP contribution is 2.21. The van der Waals surface area contributed by atoms with Gasteiger partial charge in [-0.3, -0.25) is 14.3 Å². The van der Waals surface area contributed by atoms with E-state index in [1.54, 1.807) is 10.9 Å². The molecule has 0 radical (unpaired) electrons. The number of nitrogens with one attached hydrogen (secondary N) is 1. The minimum atomic E-state index is -0.0186. The topological polar surface area (TPSA) is 83.4 Å². The van der Waals surface area contributed by atoms with Crippen LogP contribution < -0.4 is 5.32 Å². The molecular weight excluding hydrogens is 332 g/mol. The summed E-state index contributed by atoms with van der Waals surface area (Å²) < 4.78 is 1.73. The van der Waals surface area contributed by atoms with E-state index in [2.05, 4.69) is 15.4 Å². The van der Waals surface area contributed by atoms with Crippen molar-refractivity contribution >= 4 is 22.8 Å². The Morgan fingerprint density at radius 3 is 3.00 bits per heavy atom. The van der Waals surface area contributed by atoms with E-state index in [1.807, 2.05) is 29.8 Å². The summed E-state index contributed by atoms with van der Waals surface area (Å²) in [4.78, 5) is 33.4. The number of amides is 2. The van der Waals surface area contributed by atoms with Gasteiger partial charge >= 0.3 is 0 Å². The molecule has 0 saturated carbocycles. The van der Waals surface area contributed by atoms with Gasteiger partial charge in [-0.05, 0) is 25.8 Å². The van der Waals surface area contributed by atoms with E-state index < -0.39 is 0 Å². The molecule has 2 aliphatic heterocycles. The molecule has 2 aromatic rings. The number of piperazine rings is 1. The highest BCUT2D eigenvalue weighted by Gasteiger charge is 2.32. The molecule has 4 heterocycles. The summed E-state index contributed by atoms with van der Waals surface area (Å²) in [5, 5.41) is 8.37. The number of nitrogens with zero attached hydrogens (tertiary/aromatic N) is 5. The quantitative estimate of drug-likeness (QED) is 0.838. The summed E-state index contributed by atoms with van der Waals surface area (Å²) in [7, 11) is 1.85. The van der Waals surface area contributed by atoms with Crippen LogP contribution in [0, 0.1) is 6.92 Å². The van der Waals surface area contributed by atoms with Crippen LogP contribution in [-0.4, -0.2) is 75.1 Å². The number of hydrogen-bond acceptors (Lipinski definition) is 5. The second-order valence-electron chi connectivity index (χ2n) is 7.12. The Bertz CT molecular complexity index is 861. The summed E-state index contributed by atoms with van der Waals surface area (Å²) in [5.41, 5.74) is 2.23. The van der Waals surface area contributed by atoms with E-state index in [1.165, 1.54) is 0 Å². The maximum atomic E-state index is 13.0. The molecule has 1 N–H and O–H groups in total. The maximum absolute atomic E-state index is 13.0. The molecule has 1 atom stereocenters. The summed E-state index contributed by atoms with van der Waals surface area (Å²) in [6.07, 6.45) is 3.50. The van der Waals surface area contributed by atoms with Crippen LogP contribution in [-0.2, 0) is 11.8 Å². The number of pyridine rings is 1.